The van der Waals surface area contributed by atoms with Gasteiger partial charge in [-0.1, -0.05) is 54.6 Å². The molecule has 1 saturated heterocycles. The number of hydrogen-bond acceptors (Lipinski definition) is 3. The molecule has 2 aromatic carbocycles. The van der Waals surface area contributed by atoms with Crippen molar-refractivity contribution < 1.29 is 0 Å². The zero-order valence-electron chi connectivity index (χ0n) is 17.8. The minimum absolute atomic E-state index is 0.384. The van der Waals surface area contributed by atoms with Crippen molar-refractivity contribution in [2.24, 2.45) is 7.05 Å². The smallest absolute Gasteiger partial charge is 0.0588 e. The molecular formula is C26H31N3S. The number of rotatable bonds is 5. The third-order valence-corrected chi connectivity index (χ3v) is 7.62. The van der Waals surface area contributed by atoms with E-state index in [0.717, 1.165) is 19.6 Å². The molecule has 3 nitrogen and oxygen atoms in total. The molecule has 2 atom stereocenters. The molecule has 4 heteroatoms. The van der Waals surface area contributed by atoms with Gasteiger partial charge in [-0.05, 0) is 28.8 Å². The second-order valence-corrected chi connectivity index (χ2v) is 9.82. The summed E-state index contributed by atoms with van der Waals surface area (Å²) in [6.45, 7) is 5.55. The molecule has 0 unspecified atom stereocenters. The second-order valence-electron chi connectivity index (χ2n) is 8.60. The number of nitrogens with zero attached hydrogens (tertiary/aromatic N) is 3. The zero-order valence-corrected chi connectivity index (χ0v) is 18.6. The van der Waals surface area contributed by atoms with Gasteiger partial charge in [0.15, 0.2) is 0 Å². The Hall–Kier alpha value is -2.01. The molecule has 0 saturated carbocycles. The van der Waals surface area contributed by atoms with E-state index in [0.29, 0.717) is 12.0 Å². The number of hydrogen-bond donors (Lipinski definition) is 0. The van der Waals surface area contributed by atoms with Crippen molar-refractivity contribution in [3.05, 3.63) is 95.3 Å². The lowest BCUT2D eigenvalue weighted by Crippen LogP contribution is -2.44. The van der Waals surface area contributed by atoms with Gasteiger partial charge in [0.25, 0.3) is 0 Å². The lowest BCUT2D eigenvalue weighted by Gasteiger charge is -2.45. The monoisotopic (exact) mass is 417 g/mol. The van der Waals surface area contributed by atoms with Crippen LogP contribution >= 0.6 is 11.8 Å². The number of aromatic nitrogens is 1. The van der Waals surface area contributed by atoms with Crippen LogP contribution in [0, 0.1) is 0 Å². The topological polar surface area (TPSA) is 11.4 Å². The van der Waals surface area contributed by atoms with Crippen molar-refractivity contribution in [2.75, 3.05) is 31.1 Å². The van der Waals surface area contributed by atoms with Crippen molar-refractivity contribution >= 4 is 11.8 Å². The van der Waals surface area contributed by atoms with Gasteiger partial charge in [0.05, 0.1) is 6.04 Å². The second kappa shape index (κ2) is 9.01. The molecule has 0 spiro atoms. The summed E-state index contributed by atoms with van der Waals surface area (Å²) in [5, 5.41) is 0. The molecule has 156 valence electrons. The molecule has 3 aromatic rings. The summed E-state index contributed by atoms with van der Waals surface area (Å²) in [6, 6.07) is 25.0. The van der Waals surface area contributed by atoms with E-state index in [1.165, 1.54) is 41.4 Å². The van der Waals surface area contributed by atoms with Gasteiger partial charge in [0.1, 0.15) is 0 Å². The van der Waals surface area contributed by atoms with E-state index < -0.39 is 0 Å². The van der Waals surface area contributed by atoms with E-state index in [9.17, 15) is 0 Å². The maximum absolute atomic E-state index is 2.70. The molecule has 0 N–H and O–H groups in total. The third kappa shape index (κ3) is 4.09. The Morgan fingerprint density at radius 3 is 2.43 bits per heavy atom. The van der Waals surface area contributed by atoms with Crippen molar-refractivity contribution in [2.45, 2.75) is 25.0 Å². The summed E-state index contributed by atoms with van der Waals surface area (Å²) in [7, 11) is 2.20. The Bertz CT molecular complexity index is 961. The van der Waals surface area contributed by atoms with E-state index in [1.54, 1.807) is 5.56 Å². The minimum atomic E-state index is 0.384. The van der Waals surface area contributed by atoms with Crippen LogP contribution < -0.4 is 0 Å². The fourth-order valence-electron chi connectivity index (χ4n) is 5.19. The quantitative estimate of drug-likeness (QED) is 0.584. The molecule has 2 aliphatic heterocycles. The minimum Gasteiger partial charge on any atom is -0.353 e. The van der Waals surface area contributed by atoms with Crippen LogP contribution in [0.5, 0.6) is 0 Å². The summed E-state index contributed by atoms with van der Waals surface area (Å²) in [6.07, 6.45) is 2.20. The molecule has 0 bridgehead atoms. The fourth-order valence-corrected chi connectivity index (χ4v) is 6.17. The molecule has 0 amide bonds. The molecular weight excluding hydrogens is 386 g/mol. The predicted molar refractivity (Wildman–Crippen MR) is 127 cm³/mol. The summed E-state index contributed by atoms with van der Waals surface area (Å²) in [5.74, 6) is 3.00. The van der Waals surface area contributed by atoms with Crippen LogP contribution in [0.4, 0.5) is 0 Å². The summed E-state index contributed by atoms with van der Waals surface area (Å²) in [5.41, 5.74) is 5.86. The number of fused-ring (bicyclic) bond motifs is 1. The molecule has 1 aromatic heterocycles. The van der Waals surface area contributed by atoms with E-state index in [1.807, 2.05) is 0 Å². The van der Waals surface area contributed by atoms with Crippen molar-refractivity contribution in [3.8, 4) is 0 Å². The molecule has 1 fully saturated rings. The molecule has 0 radical (unpaired) electrons. The molecule has 2 aliphatic rings. The van der Waals surface area contributed by atoms with E-state index in [4.69, 9.17) is 0 Å². The molecule has 30 heavy (non-hydrogen) atoms. The SMILES string of the molecule is Cn1cccc1[C@H]1[C@H](CN2CCSCC2)c2ccccc2CN1Cc1ccccc1. The largest absolute Gasteiger partial charge is 0.353 e. The van der Waals surface area contributed by atoms with Crippen LogP contribution in [0.1, 0.15) is 34.3 Å². The van der Waals surface area contributed by atoms with Gasteiger partial charge in [-0.25, -0.2) is 0 Å². The summed E-state index contributed by atoms with van der Waals surface area (Å²) >= 11 is 2.09. The zero-order chi connectivity index (χ0) is 20.3. The van der Waals surface area contributed by atoms with E-state index >= 15 is 0 Å². The average Bonchev–Trinajstić information content (AvgIpc) is 3.21. The Morgan fingerprint density at radius 2 is 1.67 bits per heavy atom. The third-order valence-electron chi connectivity index (χ3n) is 6.68. The van der Waals surface area contributed by atoms with Crippen molar-refractivity contribution in [1.29, 1.82) is 0 Å². The number of thioether (sulfide) groups is 1. The Morgan fingerprint density at radius 1 is 0.900 bits per heavy atom. The lowest BCUT2D eigenvalue weighted by atomic mass is 9.81. The summed E-state index contributed by atoms with van der Waals surface area (Å²) in [4.78, 5) is 5.40. The summed E-state index contributed by atoms with van der Waals surface area (Å²) < 4.78 is 2.33. The first-order chi connectivity index (χ1) is 14.8. The van der Waals surface area contributed by atoms with Crippen LogP contribution in [-0.2, 0) is 20.1 Å². The van der Waals surface area contributed by atoms with Crippen LogP contribution in [-0.4, -0.2) is 45.5 Å². The van der Waals surface area contributed by atoms with Gasteiger partial charge in [0, 0.05) is 69.1 Å². The van der Waals surface area contributed by atoms with Crippen molar-refractivity contribution in [1.82, 2.24) is 14.4 Å². The molecule has 3 heterocycles. The molecule has 5 rings (SSSR count). The standard InChI is InChI=1S/C26H31N3S/c1-27-13-7-12-25(27)26-24(20-28-14-16-30-17-15-28)23-11-6-5-10-22(23)19-29(26)18-21-8-3-2-4-9-21/h2-13,24,26H,14-20H2,1H3/t24-,26-/m1/s1. The predicted octanol–water partition coefficient (Wildman–Crippen LogP) is 4.91. The highest BCUT2D eigenvalue weighted by Gasteiger charge is 2.38. The maximum Gasteiger partial charge on any atom is 0.0588 e. The molecule has 0 aliphatic carbocycles. The van der Waals surface area contributed by atoms with Gasteiger partial charge < -0.3 is 9.47 Å². The number of benzene rings is 2. The van der Waals surface area contributed by atoms with Gasteiger partial charge >= 0.3 is 0 Å². The van der Waals surface area contributed by atoms with Gasteiger partial charge in [0.2, 0.25) is 0 Å². The Balaban J connectivity index is 1.55. The highest BCUT2D eigenvalue weighted by Crippen LogP contribution is 2.44. The van der Waals surface area contributed by atoms with Crippen molar-refractivity contribution in [3.63, 3.8) is 0 Å². The Kier molecular flexibility index (Phi) is 5.98. The van der Waals surface area contributed by atoms with Crippen LogP contribution in [0.3, 0.4) is 0 Å². The normalized spacial score (nSPS) is 22.7. The average molecular weight is 418 g/mol. The van der Waals surface area contributed by atoms with E-state index in [-0.39, 0.29) is 0 Å². The highest BCUT2D eigenvalue weighted by atomic mass is 32.2. The maximum atomic E-state index is 2.70. The van der Waals surface area contributed by atoms with Crippen LogP contribution in [0.15, 0.2) is 72.9 Å². The first kappa shape index (κ1) is 19.9. The van der Waals surface area contributed by atoms with Gasteiger partial charge in [-0.15, -0.1) is 0 Å². The van der Waals surface area contributed by atoms with Gasteiger partial charge in [-0.3, -0.25) is 4.90 Å². The first-order valence-corrected chi connectivity index (χ1v) is 12.2. The first-order valence-electron chi connectivity index (χ1n) is 11.1. The lowest BCUT2D eigenvalue weighted by molar-refractivity contribution is 0.110. The van der Waals surface area contributed by atoms with Crippen LogP contribution in [0.2, 0.25) is 0 Å². The van der Waals surface area contributed by atoms with Gasteiger partial charge in [-0.2, -0.15) is 11.8 Å². The highest BCUT2D eigenvalue weighted by molar-refractivity contribution is 7.99. The van der Waals surface area contributed by atoms with Crippen LogP contribution in [0.25, 0.3) is 0 Å². The number of aryl methyl sites for hydroxylation is 1. The Labute approximate surface area is 184 Å². The van der Waals surface area contributed by atoms with E-state index in [2.05, 4.69) is 106 Å². The fraction of sp³-hybridized carbons (Fsp3) is 0.385.